The van der Waals surface area contributed by atoms with Crippen LogP contribution in [-0.2, 0) is 9.53 Å². The number of morpholine rings is 1. The number of nitrogens with zero attached hydrogens (tertiary/aromatic N) is 1. The maximum absolute atomic E-state index is 11.9. The van der Waals surface area contributed by atoms with E-state index < -0.39 is 4.32 Å². The van der Waals surface area contributed by atoms with Crippen molar-refractivity contribution in [3.8, 4) is 0 Å². The SMILES string of the molecule is C[C@@H]1COCCN1C(=O)C(C)(C)Br. The van der Waals surface area contributed by atoms with Crippen molar-refractivity contribution in [3.05, 3.63) is 0 Å². The molecule has 1 aliphatic rings. The van der Waals surface area contributed by atoms with Gasteiger partial charge in [-0.25, -0.2) is 0 Å². The van der Waals surface area contributed by atoms with Gasteiger partial charge in [-0.2, -0.15) is 0 Å². The zero-order chi connectivity index (χ0) is 10.1. The van der Waals surface area contributed by atoms with Gasteiger partial charge in [0, 0.05) is 6.54 Å². The van der Waals surface area contributed by atoms with E-state index in [1.807, 2.05) is 25.7 Å². The van der Waals surface area contributed by atoms with Gasteiger partial charge < -0.3 is 9.64 Å². The molecule has 0 saturated carbocycles. The summed E-state index contributed by atoms with van der Waals surface area (Å²) in [6.45, 7) is 7.76. The number of halogens is 1. The maximum atomic E-state index is 11.9. The van der Waals surface area contributed by atoms with Crippen LogP contribution in [0, 0.1) is 0 Å². The van der Waals surface area contributed by atoms with E-state index in [9.17, 15) is 4.79 Å². The van der Waals surface area contributed by atoms with Crippen molar-refractivity contribution >= 4 is 21.8 Å². The van der Waals surface area contributed by atoms with Gasteiger partial charge in [-0.3, -0.25) is 4.79 Å². The molecule has 1 saturated heterocycles. The zero-order valence-electron chi connectivity index (χ0n) is 8.34. The van der Waals surface area contributed by atoms with E-state index in [0.717, 1.165) is 0 Å². The van der Waals surface area contributed by atoms with Gasteiger partial charge in [-0.1, -0.05) is 15.9 Å². The van der Waals surface area contributed by atoms with Crippen LogP contribution in [0.2, 0.25) is 0 Å². The summed E-state index contributed by atoms with van der Waals surface area (Å²) < 4.78 is 4.81. The second-order valence-electron chi connectivity index (χ2n) is 3.89. The van der Waals surface area contributed by atoms with Gasteiger partial charge in [0.15, 0.2) is 0 Å². The first kappa shape index (κ1) is 11.0. The Morgan fingerprint density at radius 1 is 1.62 bits per heavy atom. The fourth-order valence-electron chi connectivity index (χ4n) is 1.37. The average Bonchev–Trinajstić information content (AvgIpc) is 2.02. The van der Waals surface area contributed by atoms with E-state index in [1.165, 1.54) is 0 Å². The molecule has 1 rings (SSSR count). The Kier molecular flexibility index (Phi) is 3.35. The van der Waals surface area contributed by atoms with E-state index in [1.54, 1.807) is 0 Å². The summed E-state index contributed by atoms with van der Waals surface area (Å²) in [5.74, 6) is 0.142. The summed E-state index contributed by atoms with van der Waals surface area (Å²) in [5.41, 5.74) is 0. The normalized spacial score (nSPS) is 24.6. The number of ether oxygens (including phenoxy) is 1. The van der Waals surface area contributed by atoms with Crippen LogP contribution < -0.4 is 0 Å². The van der Waals surface area contributed by atoms with Crippen LogP contribution in [0.1, 0.15) is 20.8 Å². The van der Waals surface area contributed by atoms with E-state index in [4.69, 9.17) is 4.74 Å². The Bertz CT molecular complexity index is 200. The highest BCUT2D eigenvalue weighted by molar-refractivity contribution is 9.10. The molecule has 0 N–H and O–H groups in total. The molecule has 13 heavy (non-hydrogen) atoms. The predicted octanol–water partition coefficient (Wildman–Crippen LogP) is 1.41. The quantitative estimate of drug-likeness (QED) is 0.658. The summed E-state index contributed by atoms with van der Waals surface area (Å²) in [6, 6.07) is 0.193. The first-order chi connectivity index (χ1) is 5.93. The maximum Gasteiger partial charge on any atom is 0.239 e. The molecule has 1 heterocycles. The van der Waals surface area contributed by atoms with Crippen LogP contribution in [0.5, 0.6) is 0 Å². The lowest BCUT2D eigenvalue weighted by Gasteiger charge is -2.36. The highest BCUT2D eigenvalue weighted by atomic mass is 79.9. The number of alkyl halides is 1. The van der Waals surface area contributed by atoms with Crippen molar-refractivity contribution in [2.24, 2.45) is 0 Å². The molecule has 76 valence electrons. The Labute approximate surface area is 87.6 Å². The smallest absolute Gasteiger partial charge is 0.239 e. The van der Waals surface area contributed by atoms with E-state index in [2.05, 4.69) is 15.9 Å². The molecule has 1 atom stereocenters. The molecule has 0 aromatic rings. The Morgan fingerprint density at radius 3 is 2.69 bits per heavy atom. The van der Waals surface area contributed by atoms with Gasteiger partial charge in [0.1, 0.15) is 0 Å². The monoisotopic (exact) mass is 249 g/mol. The first-order valence-corrected chi connectivity index (χ1v) is 5.30. The van der Waals surface area contributed by atoms with Crippen LogP contribution >= 0.6 is 15.9 Å². The van der Waals surface area contributed by atoms with Crippen molar-refractivity contribution in [2.75, 3.05) is 19.8 Å². The summed E-state index contributed by atoms with van der Waals surface area (Å²) in [4.78, 5) is 13.7. The molecule has 0 bridgehead atoms. The number of hydrogen-bond donors (Lipinski definition) is 0. The van der Waals surface area contributed by atoms with Crippen LogP contribution in [0.3, 0.4) is 0 Å². The zero-order valence-corrected chi connectivity index (χ0v) is 9.93. The van der Waals surface area contributed by atoms with Crippen LogP contribution in [-0.4, -0.2) is 40.9 Å². The summed E-state index contributed by atoms with van der Waals surface area (Å²) >= 11 is 3.37. The van der Waals surface area contributed by atoms with Crippen molar-refractivity contribution < 1.29 is 9.53 Å². The summed E-state index contributed by atoms with van der Waals surface area (Å²) in [7, 11) is 0. The van der Waals surface area contributed by atoms with Crippen molar-refractivity contribution in [2.45, 2.75) is 31.1 Å². The van der Waals surface area contributed by atoms with Crippen LogP contribution in [0.25, 0.3) is 0 Å². The molecule has 0 aromatic carbocycles. The lowest BCUT2D eigenvalue weighted by Crippen LogP contribution is -2.52. The highest BCUT2D eigenvalue weighted by Crippen LogP contribution is 2.21. The fourth-order valence-corrected chi connectivity index (χ4v) is 1.60. The topological polar surface area (TPSA) is 29.5 Å². The van der Waals surface area contributed by atoms with Gasteiger partial charge in [-0.05, 0) is 20.8 Å². The molecule has 3 nitrogen and oxygen atoms in total. The van der Waals surface area contributed by atoms with E-state index in [-0.39, 0.29) is 11.9 Å². The van der Waals surface area contributed by atoms with Crippen molar-refractivity contribution in [1.29, 1.82) is 0 Å². The summed E-state index contributed by atoms with van der Waals surface area (Å²) in [6.07, 6.45) is 0. The number of carbonyl (C=O) groups excluding carboxylic acids is 1. The van der Waals surface area contributed by atoms with E-state index in [0.29, 0.717) is 19.8 Å². The van der Waals surface area contributed by atoms with Crippen LogP contribution in [0.15, 0.2) is 0 Å². The van der Waals surface area contributed by atoms with Crippen LogP contribution in [0.4, 0.5) is 0 Å². The summed E-state index contributed by atoms with van der Waals surface area (Å²) in [5, 5.41) is 0. The number of carbonyl (C=O) groups is 1. The molecule has 0 aromatic heterocycles. The first-order valence-electron chi connectivity index (χ1n) is 4.50. The molecule has 1 amide bonds. The van der Waals surface area contributed by atoms with Gasteiger partial charge in [0.05, 0.1) is 23.6 Å². The molecular weight excluding hydrogens is 234 g/mol. The third-order valence-electron chi connectivity index (χ3n) is 2.14. The number of amides is 1. The van der Waals surface area contributed by atoms with Gasteiger partial charge in [0.2, 0.25) is 5.91 Å². The Balaban J connectivity index is 2.64. The minimum Gasteiger partial charge on any atom is -0.377 e. The standard InChI is InChI=1S/C9H16BrNO2/c1-7-6-13-5-4-11(7)8(12)9(2,3)10/h7H,4-6H2,1-3H3/t7-/m1/s1. The fraction of sp³-hybridized carbons (Fsp3) is 0.889. The minimum atomic E-state index is -0.460. The molecule has 4 heteroatoms. The third-order valence-corrected chi connectivity index (χ3v) is 2.48. The Morgan fingerprint density at radius 2 is 2.23 bits per heavy atom. The number of hydrogen-bond acceptors (Lipinski definition) is 2. The van der Waals surface area contributed by atoms with Gasteiger partial charge in [-0.15, -0.1) is 0 Å². The van der Waals surface area contributed by atoms with E-state index >= 15 is 0 Å². The Hall–Kier alpha value is -0.0900. The molecule has 1 aliphatic heterocycles. The largest absolute Gasteiger partial charge is 0.377 e. The molecule has 0 spiro atoms. The molecule has 1 fully saturated rings. The molecule has 0 radical (unpaired) electrons. The van der Waals surface area contributed by atoms with Crippen molar-refractivity contribution in [3.63, 3.8) is 0 Å². The van der Waals surface area contributed by atoms with Crippen molar-refractivity contribution in [1.82, 2.24) is 4.90 Å². The van der Waals surface area contributed by atoms with Gasteiger partial charge >= 0.3 is 0 Å². The molecule has 0 unspecified atom stereocenters. The molecule has 0 aliphatic carbocycles. The lowest BCUT2D eigenvalue weighted by atomic mass is 10.1. The predicted molar refractivity (Wildman–Crippen MR) is 55.0 cm³/mol. The minimum absolute atomic E-state index is 0.142. The highest BCUT2D eigenvalue weighted by Gasteiger charge is 2.33. The lowest BCUT2D eigenvalue weighted by molar-refractivity contribution is -0.140. The number of rotatable bonds is 1. The third kappa shape index (κ3) is 2.68. The average molecular weight is 250 g/mol. The molecular formula is C9H16BrNO2. The second kappa shape index (κ2) is 3.96. The van der Waals surface area contributed by atoms with Gasteiger partial charge in [0.25, 0.3) is 0 Å². The second-order valence-corrected chi connectivity index (χ2v) is 5.88.